The van der Waals surface area contributed by atoms with Gasteiger partial charge in [-0.1, -0.05) is 43.6 Å². The highest BCUT2D eigenvalue weighted by molar-refractivity contribution is 6.33. The third kappa shape index (κ3) is 6.77. The molecule has 0 spiro atoms. The molecule has 1 heterocycles. The number of hydrogen-bond donors (Lipinski definition) is 2. The first-order chi connectivity index (χ1) is 16.7. The monoisotopic (exact) mass is 500 g/mol. The van der Waals surface area contributed by atoms with Crippen molar-refractivity contribution in [1.29, 1.82) is 0 Å². The summed E-state index contributed by atoms with van der Waals surface area (Å²) in [5, 5.41) is 18.6. The van der Waals surface area contributed by atoms with Crippen molar-refractivity contribution in [2.45, 2.75) is 19.9 Å². The molecule has 1 atom stereocenters. The van der Waals surface area contributed by atoms with Gasteiger partial charge in [0.2, 0.25) is 0 Å². The van der Waals surface area contributed by atoms with Crippen LogP contribution in [-0.2, 0) is 4.79 Å². The Kier molecular flexibility index (Phi) is 8.78. The van der Waals surface area contributed by atoms with Crippen molar-refractivity contribution in [2.24, 2.45) is 11.0 Å². The molecule has 1 fully saturated rings. The van der Waals surface area contributed by atoms with Gasteiger partial charge in [0, 0.05) is 37.8 Å². The van der Waals surface area contributed by atoms with Crippen LogP contribution in [0.3, 0.4) is 0 Å². The number of halogens is 1. The lowest BCUT2D eigenvalue weighted by atomic mass is 10.0. The number of nitrogens with zero attached hydrogens (tertiary/aromatic N) is 4. The number of nitrogens with one attached hydrogen (secondary N) is 2. The predicted molar refractivity (Wildman–Crippen MR) is 136 cm³/mol. The first-order valence-corrected chi connectivity index (χ1v) is 11.7. The van der Waals surface area contributed by atoms with E-state index in [4.69, 9.17) is 11.6 Å². The maximum atomic E-state index is 12.7. The maximum absolute atomic E-state index is 12.7. The number of rotatable bonds is 8. The van der Waals surface area contributed by atoms with Crippen LogP contribution in [0.15, 0.2) is 47.6 Å². The molecule has 0 bridgehead atoms. The quantitative estimate of drug-likeness (QED) is 0.326. The van der Waals surface area contributed by atoms with E-state index in [9.17, 15) is 19.7 Å². The van der Waals surface area contributed by atoms with Crippen molar-refractivity contribution < 1.29 is 14.5 Å². The van der Waals surface area contributed by atoms with Crippen molar-refractivity contribution >= 4 is 41.0 Å². The molecule has 1 aliphatic rings. The molecule has 186 valence electrons. The van der Waals surface area contributed by atoms with Crippen LogP contribution in [0.25, 0.3) is 0 Å². The first-order valence-electron chi connectivity index (χ1n) is 11.3. The molecule has 35 heavy (non-hydrogen) atoms. The van der Waals surface area contributed by atoms with Crippen molar-refractivity contribution in [3.8, 4) is 0 Å². The topological polar surface area (TPSA) is 120 Å². The average molecular weight is 501 g/mol. The number of likely N-dealkylation sites (N-methyl/N-ethyl adjacent to an activating group) is 1. The van der Waals surface area contributed by atoms with Crippen LogP contribution in [0.2, 0.25) is 5.02 Å². The van der Waals surface area contributed by atoms with E-state index in [0.717, 1.165) is 13.1 Å². The molecule has 11 heteroatoms. The van der Waals surface area contributed by atoms with Crippen molar-refractivity contribution in [3.63, 3.8) is 0 Å². The number of anilines is 1. The zero-order chi connectivity index (χ0) is 25.5. The van der Waals surface area contributed by atoms with Gasteiger partial charge in [-0.2, -0.15) is 5.10 Å². The molecule has 0 aliphatic carbocycles. The van der Waals surface area contributed by atoms with Gasteiger partial charge in [0.05, 0.1) is 21.7 Å². The maximum Gasteiger partial charge on any atom is 0.293 e. The predicted octanol–water partition coefficient (Wildman–Crippen LogP) is 2.90. The van der Waals surface area contributed by atoms with Crippen LogP contribution >= 0.6 is 11.6 Å². The van der Waals surface area contributed by atoms with Crippen LogP contribution < -0.4 is 15.6 Å². The molecule has 2 N–H and O–H groups in total. The number of amides is 2. The SMILES string of the molecule is CC(C)C(NC(=O)c1ccccc1Cl)C(=O)NN=Cc1ccc(N2CCN(C)CC2)c([N+](=O)[O-])c1. The summed E-state index contributed by atoms with van der Waals surface area (Å²) in [5.41, 5.74) is 3.69. The Hall–Kier alpha value is -3.50. The number of carbonyl (C=O) groups excluding carboxylic acids is 2. The first kappa shape index (κ1) is 26.1. The number of piperazine rings is 1. The summed E-state index contributed by atoms with van der Waals surface area (Å²) in [5.74, 6) is -1.20. The number of carbonyl (C=O) groups is 2. The fraction of sp³-hybridized carbons (Fsp3) is 0.375. The Labute approximate surface area is 209 Å². The molecule has 3 rings (SSSR count). The summed E-state index contributed by atoms with van der Waals surface area (Å²) in [6.07, 6.45) is 1.34. The summed E-state index contributed by atoms with van der Waals surface area (Å²) in [6, 6.07) is 10.6. The van der Waals surface area contributed by atoms with Crippen molar-refractivity contribution in [2.75, 3.05) is 38.1 Å². The smallest absolute Gasteiger partial charge is 0.293 e. The molecular formula is C24H29ClN6O4. The summed E-state index contributed by atoms with van der Waals surface area (Å²) >= 11 is 6.08. The second-order valence-electron chi connectivity index (χ2n) is 8.70. The van der Waals surface area contributed by atoms with E-state index in [1.165, 1.54) is 12.3 Å². The Morgan fingerprint density at radius 1 is 1.14 bits per heavy atom. The number of nitro benzene ring substituents is 1. The molecule has 2 amide bonds. The summed E-state index contributed by atoms with van der Waals surface area (Å²) in [7, 11) is 2.02. The van der Waals surface area contributed by atoms with Gasteiger partial charge in [-0.3, -0.25) is 19.7 Å². The zero-order valence-electron chi connectivity index (χ0n) is 19.9. The van der Waals surface area contributed by atoms with Crippen LogP contribution in [0, 0.1) is 16.0 Å². The third-order valence-corrected chi connectivity index (χ3v) is 6.11. The molecule has 2 aromatic rings. The molecule has 0 saturated carbocycles. The van der Waals surface area contributed by atoms with Gasteiger partial charge in [0.15, 0.2) is 0 Å². The second kappa shape index (κ2) is 11.8. The Morgan fingerprint density at radius 3 is 2.46 bits per heavy atom. The number of nitro groups is 1. The van der Waals surface area contributed by atoms with Gasteiger partial charge in [0.1, 0.15) is 11.7 Å². The van der Waals surface area contributed by atoms with Gasteiger partial charge in [-0.25, -0.2) is 5.43 Å². The molecule has 0 aromatic heterocycles. The van der Waals surface area contributed by atoms with Gasteiger partial charge in [0.25, 0.3) is 17.5 Å². The highest BCUT2D eigenvalue weighted by Gasteiger charge is 2.26. The van der Waals surface area contributed by atoms with Crippen LogP contribution in [0.4, 0.5) is 11.4 Å². The average Bonchev–Trinajstić information content (AvgIpc) is 2.83. The highest BCUT2D eigenvalue weighted by Crippen LogP contribution is 2.29. The summed E-state index contributed by atoms with van der Waals surface area (Å²) in [4.78, 5) is 40.7. The van der Waals surface area contributed by atoms with Gasteiger partial charge >= 0.3 is 0 Å². The normalized spacial score (nSPS) is 15.3. The fourth-order valence-electron chi connectivity index (χ4n) is 3.72. The fourth-order valence-corrected chi connectivity index (χ4v) is 3.94. The van der Waals surface area contributed by atoms with E-state index < -0.39 is 22.8 Å². The molecule has 1 saturated heterocycles. The summed E-state index contributed by atoms with van der Waals surface area (Å²) in [6.45, 7) is 6.66. The van der Waals surface area contributed by atoms with Gasteiger partial charge < -0.3 is 15.1 Å². The summed E-state index contributed by atoms with van der Waals surface area (Å²) < 4.78 is 0. The Morgan fingerprint density at radius 2 is 1.83 bits per heavy atom. The minimum Gasteiger partial charge on any atom is -0.363 e. The van der Waals surface area contributed by atoms with Gasteiger partial charge in [-0.15, -0.1) is 0 Å². The van der Waals surface area contributed by atoms with E-state index in [0.29, 0.717) is 24.3 Å². The van der Waals surface area contributed by atoms with E-state index >= 15 is 0 Å². The molecular weight excluding hydrogens is 472 g/mol. The molecule has 2 aromatic carbocycles. The Balaban J connectivity index is 1.68. The number of hydrogen-bond acceptors (Lipinski definition) is 7. The van der Waals surface area contributed by atoms with E-state index in [1.54, 1.807) is 50.2 Å². The van der Waals surface area contributed by atoms with Gasteiger partial charge in [-0.05, 0) is 31.2 Å². The van der Waals surface area contributed by atoms with E-state index in [1.807, 2.05) is 11.9 Å². The minimum atomic E-state index is -0.857. The van der Waals surface area contributed by atoms with Crippen LogP contribution in [0.5, 0.6) is 0 Å². The molecule has 10 nitrogen and oxygen atoms in total. The van der Waals surface area contributed by atoms with Crippen LogP contribution in [-0.4, -0.2) is 67.1 Å². The highest BCUT2D eigenvalue weighted by atomic mass is 35.5. The molecule has 1 aliphatic heterocycles. The largest absolute Gasteiger partial charge is 0.363 e. The molecule has 1 unspecified atom stereocenters. The number of hydrazone groups is 1. The molecule has 0 radical (unpaired) electrons. The van der Waals surface area contributed by atoms with E-state index in [2.05, 4.69) is 20.7 Å². The lowest BCUT2D eigenvalue weighted by molar-refractivity contribution is -0.384. The zero-order valence-corrected chi connectivity index (χ0v) is 20.7. The van der Waals surface area contributed by atoms with Crippen molar-refractivity contribution in [3.05, 3.63) is 68.7 Å². The lowest BCUT2D eigenvalue weighted by Crippen LogP contribution is -2.48. The van der Waals surface area contributed by atoms with Crippen LogP contribution in [0.1, 0.15) is 29.8 Å². The Bertz CT molecular complexity index is 1110. The minimum absolute atomic E-state index is 0.0168. The lowest BCUT2D eigenvalue weighted by Gasteiger charge is -2.33. The number of benzene rings is 2. The van der Waals surface area contributed by atoms with E-state index in [-0.39, 0.29) is 22.2 Å². The third-order valence-electron chi connectivity index (χ3n) is 5.78. The van der Waals surface area contributed by atoms with Crippen molar-refractivity contribution in [1.82, 2.24) is 15.6 Å². The second-order valence-corrected chi connectivity index (χ2v) is 9.11. The standard InChI is InChI=1S/C24H29ClN6O4/c1-16(2)22(27-23(32)18-6-4-5-7-19(18)25)24(33)28-26-15-17-8-9-20(21(14-17)31(34)35)30-12-10-29(3)11-13-30/h4-9,14-16,22H,10-13H2,1-3H3,(H,27,32)(H,28,33).